The molecule has 0 bridgehead atoms. The molecule has 0 fully saturated rings. The fraction of sp³-hybridized carbons (Fsp3) is 0.286. The van der Waals surface area contributed by atoms with E-state index in [1.165, 1.54) is 15.8 Å². The highest BCUT2D eigenvalue weighted by atomic mass is 32.1. The van der Waals surface area contributed by atoms with Crippen LogP contribution in [0.1, 0.15) is 16.2 Å². The number of fused-ring (bicyclic) bond motifs is 3. The number of nitrogens with one attached hydrogen (secondary N) is 2. The predicted molar refractivity (Wildman–Crippen MR) is 78.9 cm³/mol. The Balaban J connectivity index is 1.73. The smallest absolute Gasteiger partial charge is 0.138 e. The van der Waals surface area contributed by atoms with E-state index in [0.717, 1.165) is 35.9 Å². The third-order valence-corrected chi connectivity index (χ3v) is 4.66. The highest BCUT2D eigenvalue weighted by Gasteiger charge is 2.19. The first kappa shape index (κ1) is 11.9. The molecule has 3 aromatic rings. The van der Waals surface area contributed by atoms with Gasteiger partial charge in [0.25, 0.3) is 0 Å². The lowest BCUT2D eigenvalue weighted by Gasteiger charge is -2.13. The second-order valence-electron chi connectivity index (χ2n) is 4.77. The van der Waals surface area contributed by atoms with Crippen molar-refractivity contribution in [3.8, 4) is 0 Å². The van der Waals surface area contributed by atoms with Crippen LogP contribution in [0.25, 0.3) is 10.2 Å². The molecule has 4 heterocycles. The Bertz CT molecular complexity index is 735. The minimum atomic E-state index is 0.641. The number of furan rings is 1. The van der Waals surface area contributed by atoms with Gasteiger partial charge in [-0.05, 0) is 30.7 Å². The second kappa shape index (κ2) is 4.88. The van der Waals surface area contributed by atoms with Crippen molar-refractivity contribution in [2.24, 2.45) is 0 Å². The van der Waals surface area contributed by atoms with E-state index in [1.807, 2.05) is 12.1 Å². The van der Waals surface area contributed by atoms with Crippen LogP contribution < -0.4 is 10.6 Å². The number of nitrogens with zero attached hydrogens (tertiary/aromatic N) is 2. The number of anilines is 1. The lowest BCUT2D eigenvalue weighted by Crippen LogP contribution is -2.22. The molecule has 0 radical (unpaired) electrons. The molecule has 1 aliphatic heterocycles. The normalized spacial score (nSPS) is 14.4. The van der Waals surface area contributed by atoms with Crippen molar-refractivity contribution < 1.29 is 4.42 Å². The molecule has 20 heavy (non-hydrogen) atoms. The van der Waals surface area contributed by atoms with Crippen LogP contribution >= 0.6 is 11.3 Å². The number of hydrogen-bond donors (Lipinski definition) is 2. The van der Waals surface area contributed by atoms with Gasteiger partial charge in [-0.1, -0.05) is 0 Å². The van der Waals surface area contributed by atoms with E-state index in [1.54, 1.807) is 23.9 Å². The van der Waals surface area contributed by atoms with Crippen LogP contribution in [0.4, 0.5) is 5.82 Å². The molecule has 2 N–H and O–H groups in total. The third-order valence-electron chi connectivity index (χ3n) is 3.52. The van der Waals surface area contributed by atoms with Crippen molar-refractivity contribution in [2.75, 3.05) is 11.9 Å². The molecule has 0 saturated carbocycles. The minimum Gasteiger partial charge on any atom is -0.467 e. The molecule has 0 aliphatic carbocycles. The van der Waals surface area contributed by atoms with Gasteiger partial charge in [0, 0.05) is 11.4 Å². The first-order chi connectivity index (χ1) is 9.92. The zero-order valence-corrected chi connectivity index (χ0v) is 11.7. The van der Waals surface area contributed by atoms with Crippen LogP contribution in [-0.4, -0.2) is 16.5 Å². The van der Waals surface area contributed by atoms with Crippen molar-refractivity contribution in [1.29, 1.82) is 0 Å². The van der Waals surface area contributed by atoms with Crippen LogP contribution in [0.15, 0.2) is 29.1 Å². The van der Waals surface area contributed by atoms with E-state index >= 15 is 0 Å². The van der Waals surface area contributed by atoms with Gasteiger partial charge in [0.1, 0.15) is 22.7 Å². The molecular weight excluding hydrogens is 272 g/mol. The lowest BCUT2D eigenvalue weighted by atomic mass is 10.1. The molecule has 4 rings (SSSR count). The Kier molecular flexibility index (Phi) is 2.90. The second-order valence-corrected chi connectivity index (χ2v) is 5.85. The first-order valence-corrected chi connectivity index (χ1v) is 7.45. The van der Waals surface area contributed by atoms with Gasteiger partial charge in [-0.2, -0.15) is 0 Å². The molecule has 0 aromatic carbocycles. The topological polar surface area (TPSA) is 63.0 Å². The zero-order chi connectivity index (χ0) is 13.4. The standard InChI is InChI=1S/C14H14N4OS/c1-2-9(19-5-1)6-16-13-12-10-3-4-15-7-11(10)20-14(12)18-8-17-13/h1-2,5,8,15H,3-4,6-7H2,(H,16,17,18). The molecule has 0 saturated heterocycles. The van der Waals surface area contributed by atoms with E-state index in [9.17, 15) is 0 Å². The number of hydrogen-bond acceptors (Lipinski definition) is 6. The summed E-state index contributed by atoms with van der Waals surface area (Å²) in [5.41, 5.74) is 1.39. The first-order valence-electron chi connectivity index (χ1n) is 6.64. The van der Waals surface area contributed by atoms with Gasteiger partial charge in [-0.15, -0.1) is 11.3 Å². The monoisotopic (exact) mass is 286 g/mol. The predicted octanol–water partition coefficient (Wildman–Crippen LogP) is 2.54. The van der Waals surface area contributed by atoms with Crippen molar-refractivity contribution in [1.82, 2.24) is 15.3 Å². The maximum absolute atomic E-state index is 5.35. The molecule has 0 unspecified atom stereocenters. The van der Waals surface area contributed by atoms with Crippen molar-refractivity contribution in [3.05, 3.63) is 40.9 Å². The van der Waals surface area contributed by atoms with Gasteiger partial charge in [-0.3, -0.25) is 0 Å². The van der Waals surface area contributed by atoms with E-state index in [0.29, 0.717) is 6.54 Å². The highest BCUT2D eigenvalue weighted by molar-refractivity contribution is 7.18. The summed E-state index contributed by atoms with van der Waals surface area (Å²) in [6.07, 6.45) is 4.35. The highest BCUT2D eigenvalue weighted by Crippen LogP contribution is 2.35. The average molecular weight is 286 g/mol. The van der Waals surface area contributed by atoms with E-state index in [2.05, 4.69) is 20.6 Å². The molecule has 1 aliphatic rings. The van der Waals surface area contributed by atoms with Crippen molar-refractivity contribution in [3.63, 3.8) is 0 Å². The summed E-state index contributed by atoms with van der Waals surface area (Å²) < 4.78 is 5.35. The maximum Gasteiger partial charge on any atom is 0.138 e. The van der Waals surface area contributed by atoms with Gasteiger partial charge >= 0.3 is 0 Å². The maximum atomic E-state index is 5.35. The SMILES string of the molecule is c1coc(CNc2ncnc3sc4c(c23)CCNC4)c1. The summed E-state index contributed by atoms with van der Waals surface area (Å²) in [7, 11) is 0. The van der Waals surface area contributed by atoms with Crippen molar-refractivity contribution in [2.45, 2.75) is 19.5 Å². The van der Waals surface area contributed by atoms with Crippen LogP contribution in [0.2, 0.25) is 0 Å². The van der Waals surface area contributed by atoms with Gasteiger partial charge in [-0.25, -0.2) is 9.97 Å². The molecular formula is C14H14N4OS. The van der Waals surface area contributed by atoms with Crippen LogP contribution in [0, 0.1) is 0 Å². The van der Waals surface area contributed by atoms with Crippen molar-refractivity contribution >= 4 is 27.4 Å². The van der Waals surface area contributed by atoms with E-state index in [-0.39, 0.29) is 0 Å². The fourth-order valence-corrected chi connectivity index (χ4v) is 3.73. The molecule has 0 spiro atoms. The fourth-order valence-electron chi connectivity index (χ4n) is 2.58. The molecule has 6 heteroatoms. The summed E-state index contributed by atoms with van der Waals surface area (Å²) >= 11 is 1.76. The lowest BCUT2D eigenvalue weighted by molar-refractivity contribution is 0.518. The molecule has 0 amide bonds. The number of rotatable bonds is 3. The Hall–Kier alpha value is -1.92. The Morgan fingerprint density at radius 2 is 2.40 bits per heavy atom. The summed E-state index contributed by atoms with van der Waals surface area (Å²) in [5.74, 6) is 1.81. The van der Waals surface area contributed by atoms with E-state index < -0.39 is 0 Å². The van der Waals surface area contributed by atoms with Gasteiger partial charge in [0.05, 0.1) is 18.2 Å². The number of thiophene rings is 1. The van der Waals surface area contributed by atoms with Crippen LogP contribution in [0.5, 0.6) is 0 Å². The minimum absolute atomic E-state index is 0.641. The van der Waals surface area contributed by atoms with E-state index in [4.69, 9.17) is 4.42 Å². The Labute approximate surface area is 120 Å². The quantitative estimate of drug-likeness (QED) is 0.774. The molecule has 5 nitrogen and oxygen atoms in total. The summed E-state index contributed by atoms with van der Waals surface area (Å²) in [6, 6.07) is 3.85. The summed E-state index contributed by atoms with van der Waals surface area (Å²) in [6.45, 7) is 2.60. The van der Waals surface area contributed by atoms with Crippen LogP contribution in [-0.2, 0) is 19.5 Å². The number of aromatic nitrogens is 2. The largest absolute Gasteiger partial charge is 0.467 e. The molecule has 0 atom stereocenters. The molecule has 3 aromatic heterocycles. The van der Waals surface area contributed by atoms with Crippen LogP contribution in [0.3, 0.4) is 0 Å². The summed E-state index contributed by atoms with van der Waals surface area (Å²) in [4.78, 5) is 11.3. The van der Waals surface area contributed by atoms with Gasteiger partial charge < -0.3 is 15.1 Å². The third kappa shape index (κ3) is 1.97. The average Bonchev–Trinajstić information content (AvgIpc) is 3.12. The molecule has 102 valence electrons. The van der Waals surface area contributed by atoms with Gasteiger partial charge in [0.2, 0.25) is 0 Å². The van der Waals surface area contributed by atoms with Gasteiger partial charge in [0.15, 0.2) is 0 Å². The summed E-state index contributed by atoms with van der Waals surface area (Å²) in [5, 5.41) is 7.95. The Morgan fingerprint density at radius 3 is 3.30 bits per heavy atom. The zero-order valence-electron chi connectivity index (χ0n) is 10.8. The Morgan fingerprint density at radius 1 is 1.40 bits per heavy atom.